The fourth-order valence-electron chi connectivity index (χ4n) is 1.25. The summed E-state index contributed by atoms with van der Waals surface area (Å²) in [6.45, 7) is -3.52. The van der Waals surface area contributed by atoms with Crippen LogP contribution in [0.4, 0.5) is 26.3 Å². The second-order valence-electron chi connectivity index (χ2n) is 4.31. The quantitative estimate of drug-likeness (QED) is 0.539. The van der Waals surface area contributed by atoms with Crippen molar-refractivity contribution in [2.75, 3.05) is 18.8 Å². The SMILES string of the molecule is O=C(CSc1nncn1CC(=O)NCC(F)(F)F)NCC(F)(F)F. The highest BCUT2D eigenvalue weighted by Crippen LogP contribution is 2.16. The Morgan fingerprint density at radius 3 is 2.12 bits per heavy atom. The van der Waals surface area contributed by atoms with Crippen LogP contribution in [0.1, 0.15) is 0 Å². The first-order valence-corrected chi connectivity index (χ1v) is 7.12. The normalized spacial score (nSPS) is 12.1. The minimum Gasteiger partial charge on any atom is -0.346 e. The van der Waals surface area contributed by atoms with Crippen molar-refractivity contribution in [1.29, 1.82) is 0 Å². The van der Waals surface area contributed by atoms with Crippen LogP contribution in [0.25, 0.3) is 0 Å². The maximum atomic E-state index is 12.0. The third-order valence-electron chi connectivity index (χ3n) is 2.20. The molecule has 0 bridgehead atoms. The molecule has 0 aliphatic rings. The van der Waals surface area contributed by atoms with Gasteiger partial charge in [-0.25, -0.2) is 0 Å². The van der Waals surface area contributed by atoms with Crippen LogP contribution in [0.5, 0.6) is 0 Å². The van der Waals surface area contributed by atoms with Gasteiger partial charge in [0.15, 0.2) is 5.16 Å². The summed E-state index contributed by atoms with van der Waals surface area (Å²) in [5, 5.41) is 10.2. The lowest BCUT2D eigenvalue weighted by Crippen LogP contribution is -2.36. The first kappa shape index (κ1) is 20.1. The Morgan fingerprint density at radius 2 is 1.58 bits per heavy atom. The lowest BCUT2D eigenvalue weighted by molar-refractivity contribution is -0.138. The lowest BCUT2D eigenvalue weighted by Gasteiger charge is -2.10. The van der Waals surface area contributed by atoms with E-state index in [1.807, 2.05) is 0 Å². The molecule has 0 saturated carbocycles. The average molecular weight is 379 g/mol. The lowest BCUT2D eigenvalue weighted by atomic mass is 10.5. The summed E-state index contributed by atoms with van der Waals surface area (Å²) in [6.07, 6.45) is -8.06. The van der Waals surface area contributed by atoms with Crippen LogP contribution in [-0.4, -0.2) is 57.8 Å². The van der Waals surface area contributed by atoms with E-state index in [9.17, 15) is 35.9 Å². The van der Waals surface area contributed by atoms with Gasteiger partial charge in [0.1, 0.15) is 26.0 Å². The zero-order valence-corrected chi connectivity index (χ0v) is 12.6. The number of rotatable bonds is 7. The van der Waals surface area contributed by atoms with E-state index in [0.717, 1.165) is 10.9 Å². The molecule has 1 rings (SSSR count). The molecule has 0 atom stereocenters. The molecule has 2 amide bonds. The third kappa shape index (κ3) is 8.59. The molecule has 0 aromatic carbocycles. The van der Waals surface area contributed by atoms with E-state index >= 15 is 0 Å². The van der Waals surface area contributed by atoms with Gasteiger partial charge >= 0.3 is 12.4 Å². The molecule has 1 aromatic rings. The van der Waals surface area contributed by atoms with Gasteiger partial charge in [-0.05, 0) is 0 Å². The van der Waals surface area contributed by atoms with Gasteiger partial charge in [0.2, 0.25) is 11.8 Å². The highest BCUT2D eigenvalue weighted by Gasteiger charge is 2.28. The summed E-state index contributed by atoms with van der Waals surface area (Å²) in [6, 6.07) is 0. The number of nitrogens with zero attached hydrogens (tertiary/aromatic N) is 3. The molecule has 0 saturated heterocycles. The summed E-state index contributed by atoms with van der Waals surface area (Å²) < 4.78 is 72.7. The first-order valence-electron chi connectivity index (χ1n) is 6.14. The molecule has 0 unspecified atom stereocenters. The monoisotopic (exact) mass is 379 g/mol. The smallest absolute Gasteiger partial charge is 0.346 e. The van der Waals surface area contributed by atoms with E-state index in [2.05, 4.69) is 10.2 Å². The molecule has 1 heterocycles. The van der Waals surface area contributed by atoms with Crippen LogP contribution in [0.2, 0.25) is 0 Å². The number of alkyl halides is 6. The third-order valence-corrected chi connectivity index (χ3v) is 3.18. The van der Waals surface area contributed by atoms with Gasteiger partial charge in [0.05, 0.1) is 5.75 Å². The zero-order valence-electron chi connectivity index (χ0n) is 11.7. The predicted molar refractivity (Wildman–Crippen MR) is 68.9 cm³/mol. The van der Waals surface area contributed by atoms with Gasteiger partial charge in [0, 0.05) is 0 Å². The van der Waals surface area contributed by atoms with Crippen molar-refractivity contribution in [3.05, 3.63) is 6.33 Å². The Bertz CT molecular complexity index is 573. The molecule has 7 nitrogen and oxygen atoms in total. The standard InChI is InChI=1S/C10H11F6N5O2S/c11-9(12,13)3-17-6(22)1-21-5-19-20-8(21)24-2-7(23)18-4-10(14,15)16/h5H,1-4H2,(H,17,22)(H,18,23). The first-order chi connectivity index (χ1) is 11.0. The fraction of sp³-hybridized carbons (Fsp3) is 0.600. The van der Waals surface area contributed by atoms with E-state index in [4.69, 9.17) is 0 Å². The number of nitrogens with one attached hydrogen (secondary N) is 2. The van der Waals surface area contributed by atoms with E-state index in [1.165, 1.54) is 0 Å². The molecule has 24 heavy (non-hydrogen) atoms. The van der Waals surface area contributed by atoms with Crippen LogP contribution in [0.3, 0.4) is 0 Å². The summed E-state index contributed by atoms with van der Waals surface area (Å²) in [4.78, 5) is 22.6. The number of carbonyl (C=O) groups excluding carboxylic acids is 2. The molecule has 1 aromatic heterocycles. The van der Waals surface area contributed by atoms with Crippen molar-refractivity contribution in [3.8, 4) is 0 Å². The van der Waals surface area contributed by atoms with Crippen molar-refractivity contribution in [2.24, 2.45) is 0 Å². The van der Waals surface area contributed by atoms with Gasteiger partial charge in [0.25, 0.3) is 0 Å². The van der Waals surface area contributed by atoms with Crippen molar-refractivity contribution in [3.63, 3.8) is 0 Å². The fourth-order valence-corrected chi connectivity index (χ4v) is 2.00. The Balaban J connectivity index is 2.45. The van der Waals surface area contributed by atoms with E-state index in [1.54, 1.807) is 10.6 Å². The second-order valence-corrected chi connectivity index (χ2v) is 5.26. The van der Waals surface area contributed by atoms with Crippen LogP contribution in [0.15, 0.2) is 11.5 Å². The molecular weight excluding hydrogens is 368 g/mol. The van der Waals surface area contributed by atoms with E-state index in [0.29, 0.717) is 11.8 Å². The van der Waals surface area contributed by atoms with Crippen molar-refractivity contribution < 1.29 is 35.9 Å². The number of aromatic nitrogens is 3. The Hall–Kier alpha value is -1.99. The molecule has 0 fully saturated rings. The second kappa shape index (κ2) is 8.21. The maximum Gasteiger partial charge on any atom is 0.405 e. The van der Waals surface area contributed by atoms with Crippen LogP contribution < -0.4 is 10.6 Å². The molecule has 2 N–H and O–H groups in total. The number of halogens is 6. The minimum absolute atomic E-state index is 0.000632. The van der Waals surface area contributed by atoms with Gasteiger partial charge < -0.3 is 10.6 Å². The van der Waals surface area contributed by atoms with Gasteiger partial charge in [-0.15, -0.1) is 10.2 Å². The van der Waals surface area contributed by atoms with Crippen molar-refractivity contribution in [1.82, 2.24) is 25.4 Å². The van der Waals surface area contributed by atoms with Crippen LogP contribution in [0, 0.1) is 0 Å². The largest absolute Gasteiger partial charge is 0.405 e. The number of thioether (sulfide) groups is 1. The Kier molecular flexibility index (Phi) is 6.86. The maximum absolute atomic E-state index is 12.0. The molecule has 0 radical (unpaired) electrons. The number of carbonyl (C=O) groups is 2. The number of hydrogen-bond donors (Lipinski definition) is 2. The Morgan fingerprint density at radius 1 is 1.04 bits per heavy atom. The molecule has 0 aliphatic carbocycles. The average Bonchev–Trinajstić information content (AvgIpc) is 2.86. The molecular formula is C10H11F6N5O2S. The topological polar surface area (TPSA) is 88.9 Å². The van der Waals surface area contributed by atoms with Crippen molar-refractivity contribution >= 4 is 23.6 Å². The summed E-state index contributed by atoms with van der Waals surface area (Å²) >= 11 is 0.686. The Labute approximate surface area is 135 Å². The van der Waals surface area contributed by atoms with E-state index in [-0.39, 0.29) is 5.16 Å². The van der Waals surface area contributed by atoms with Crippen molar-refractivity contribution in [2.45, 2.75) is 24.1 Å². The highest BCUT2D eigenvalue weighted by molar-refractivity contribution is 7.99. The number of hydrogen-bond acceptors (Lipinski definition) is 5. The van der Waals surface area contributed by atoms with Crippen LogP contribution >= 0.6 is 11.8 Å². The van der Waals surface area contributed by atoms with Gasteiger partial charge in [-0.2, -0.15) is 26.3 Å². The van der Waals surface area contributed by atoms with Gasteiger partial charge in [-0.3, -0.25) is 14.2 Å². The molecule has 136 valence electrons. The summed E-state index contributed by atoms with van der Waals surface area (Å²) in [5.74, 6) is -2.32. The molecule has 0 spiro atoms. The summed E-state index contributed by atoms with van der Waals surface area (Å²) in [7, 11) is 0. The summed E-state index contributed by atoms with van der Waals surface area (Å²) in [5.41, 5.74) is 0. The minimum atomic E-state index is -4.56. The highest BCUT2D eigenvalue weighted by atomic mass is 32.2. The van der Waals surface area contributed by atoms with Gasteiger partial charge in [-0.1, -0.05) is 11.8 Å². The number of amides is 2. The van der Waals surface area contributed by atoms with Crippen LogP contribution in [-0.2, 0) is 16.1 Å². The molecule has 0 aliphatic heterocycles. The zero-order chi connectivity index (χ0) is 18.4. The predicted octanol–water partition coefficient (Wildman–Crippen LogP) is 0.727. The van der Waals surface area contributed by atoms with E-state index < -0.39 is 49.6 Å². The molecule has 14 heteroatoms.